The van der Waals surface area contributed by atoms with E-state index in [1.165, 1.54) is 12.1 Å². The molecule has 3 rings (SSSR count). The van der Waals surface area contributed by atoms with E-state index in [1.807, 2.05) is 0 Å². The molecule has 0 radical (unpaired) electrons. The number of hydrogen-bond donors (Lipinski definition) is 0. The van der Waals surface area contributed by atoms with Crippen molar-refractivity contribution in [3.05, 3.63) is 59.2 Å². The first kappa shape index (κ1) is 16.0. The maximum absolute atomic E-state index is 13.6. The second-order valence-corrected chi connectivity index (χ2v) is 7.11. The van der Waals surface area contributed by atoms with Crippen molar-refractivity contribution in [1.82, 2.24) is 0 Å². The Balaban J connectivity index is 2.02. The average Bonchev–Trinajstić information content (AvgIpc) is 2.49. The summed E-state index contributed by atoms with van der Waals surface area (Å²) in [5.74, 6) is -1.10. The van der Waals surface area contributed by atoms with Crippen molar-refractivity contribution < 1.29 is 8.78 Å². The Morgan fingerprint density at radius 2 is 1.77 bits per heavy atom. The van der Waals surface area contributed by atoms with Gasteiger partial charge in [0, 0.05) is 12.0 Å². The molecule has 0 fully saturated rings. The lowest BCUT2D eigenvalue weighted by Crippen LogP contribution is -2.31. The van der Waals surface area contributed by atoms with Gasteiger partial charge in [-0.3, -0.25) is 0 Å². The minimum atomic E-state index is -0.575. The highest BCUT2D eigenvalue weighted by Crippen LogP contribution is 2.45. The molecule has 0 spiro atoms. The molecule has 0 saturated heterocycles. The van der Waals surface area contributed by atoms with Gasteiger partial charge in [-0.2, -0.15) is 0 Å². The van der Waals surface area contributed by atoms with Gasteiger partial charge in [-0.15, -0.1) is 23.2 Å². The molecule has 0 bridgehead atoms. The molecule has 22 heavy (non-hydrogen) atoms. The van der Waals surface area contributed by atoms with E-state index < -0.39 is 11.6 Å². The number of hydrogen-bond acceptors (Lipinski definition) is 0. The fourth-order valence-electron chi connectivity index (χ4n) is 3.50. The minimum Gasteiger partial charge on any atom is -0.207 e. The van der Waals surface area contributed by atoms with E-state index in [0.29, 0.717) is 12.0 Å². The van der Waals surface area contributed by atoms with Crippen LogP contribution in [0.3, 0.4) is 0 Å². The zero-order valence-electron chi connectivity index (χ0n) is 12.1. The van der Waals surface area contributed by atoms with Gasteiger partial charge in [-0.1, -0.05) is 23.8 Å². The zero-order valence-corrected chi connectivity index (χ0v) is 13.6. The Morgan fingerprint density at radius 3 is 2.41 bits per heavy atom. The Morgan fingerprint density at radius 1 is 1.05 bits per heavy atom. The van der Waals surface area contributed by atoms with Crippen LogP contribution in [0.15, 0.2) is 42.0 Å². The Hall–Kier alpha value is -0.860. The second-order valence-electron chi connectivity index (χ2n) is 6.05. The third-order valence-corrected chi connectivity index (χ3v) is 5.66. The topological polar surface area (TPSA) is 0 Å². The maximum atomic E-state index is 13.6. The summed E-state index contributed by atoms with van der Waals surface area (Å²) in [6.07, 6.45) is 10.4. The van der Waals surface area contributed by atoms with Crippen LogP contribution in [0.5, 0.6) is 0 Å². The zero-order chi connectivity index (χ0) is 15.7. The monoisotopic (exact) mass is 342 g/mol. The van der Waals surface area contributed by atoms with Crippen LogP contribution in [0.4, 0.5) is 8.78 Å². The van der Waals surface area contributed by atoms with Crippen molar-refractivity contribution >= 4 is 23.2 Å². The lowest BCUT2D eigenvalue weighted by molar-refractivity contribution is 0.518. The number of rotatable bonds is 2. The van der Waals surface area contributed by atoms with Crippen LogP contribution in [-0.2, 0) is 0 Å². The standard InChI is InChI=1S/C18H18Cl2F2/c19-16-7-6-15(11-4-2-1-3-5-11)17(18(16)20)12-8-13(21)10-14(22)9-12/h2,4,6,8-11,16-18H,1,3,5,7H2/t11?,16-,17?,18?/m0/s1. The summed E-state index contributed by atoms with van der Waals surface area (Å²) in [5, 5.41) is -0.590. The first-order valence-electron chi connectivity index (χ1n) is 7.67. The van der Waals surface area contributed by atoms with E-state index in [9.17, 15) is 8.78 Å². The molecule has 1 aromatic carbocycles. The predicted octanol–water partition coefficient (Wildman–Crippen LogP) is 5.95. The Labute approximate surface area is 139 Å². The second kappa shape index (κ2) is 6.72. The van der Waals surface area contributed by atoms with Gasteiger partial charge in [0.15, 0.2) is 0 Å². The molecule has 0 saturated carbocycles. The maximum Gasteiger partial charge on any atom is 0.126 e. The van der Waals surface area contributed by atoms with E-state index in [-0.39, 0.29) is 22.6 Å². The summed E-state index contributed by atoms with van der Waals surface area (Å²) in [4.78, 5) is 0. The highest BCUT2D eigenvalue weighted by molar-refractivity contribution is 6.30. The minimum absolute atomic E-state index is 0.227. The molecule has 0 nitrogen and oxygen atoms in total. The fraction of sp³-hybridized carbons (Fsp3) is 0.444. The first-order valence-corrected chi connectivity index (χ1v) is 8.54. The van der Waals surface area contributed by atoms with Gasteiger partial charge in [0.25, 0.3) is 0 Å². The Bertz CT molecular complexity index is 589. The Kier molecular flexibility index (Phi) is 4.89. The van der Waals surface area contributed by atoms with E-state index in [2.05, 4.69) is 18.2 Å². The van der Waals surface area contributed by atoms with Crippen molar-refractivity contribution in [1.29, 1.82) is 0 Å². The normalized spacial score (nSPS) is 31.9. The average molecular weight is 343 g/mol. The van der Waals surface area contributed by atoms with Gasteiger partial charge in [-0.05, 0) is 49.3 Å². The van der Waals surface area contributed by atoms with Crippen LogP contribution in [0.1, 0.15) is 37.2 Å². The largest absolute Gasteiger partial charge is 0.207 e. The third kappa shape index (κ3) is 3.23. The van der Waals surface area contributed by atoms with Crippen LogP contribution < -0.4 is 0 Å². The number of benzene rings is 1. The lowest BCUT2D eigenvalue weighted by Gasteiger charge is -2.36. The number of alkyl halides is 2. The molecule has 118 valence electrons. The smallest absolute Gasteiger partial charge is 0.126 e. The van der Waals surface area contributed by atoms with Gasteiger partial charge in [0.2, 0.25) is 0 Å². The molecule has 2 aliphatic carbocycles. The molecular formula is C18H18Cl2F2. The van der Waals surface area contributed by atoms with Gasteiger partial charge in [0.05, 0.1) is 10.8 Å². The third-order valence-electron chi connectivity index (χ3n) is 4.53. The first-order chi connectivity index (χ1) is 10.6. The summed E-state index contributed by atoms with van der Waals surface area (Å²) >= 11 is 12.9. The van der Waals surface area contributed by atoms with E-state index in [0.717, 1.165) is 30.9 Å². The SMILES string of the molecule is Fc1cc(F)cc(C2C(C3C=CCCC3)=CC[C@H](Cl)C2Cl)c1. The molecule has 4 heteroatoms. The number of halogens is 4. The molecule has 2 aliphatic rings. The molecule has 0 N–H and O–H groups in total. The highest BCUT2D eigenvalue weighted by atomic mass is 35.5. The summed E-state index contributed by atoms with van der Waals surface area (Å²) in [5.41, 5.74) is 1.73. The molecular weight excluding hydrogens is 325 g/mol. The molecule has 1 aromatic rings. The molecule has 3 unspecified atom stereocenters. The van der Waals surface area contributed by atoms with E-state index >= 15 is 0 Å². The summed E-state index contributed by atoms with van der Waals surface area (Å²) in [6, 6.07) is 3.63. The van der Waals surface area contributed by atoms with Crippen LogP contribution in [-0.4, -0.2) is 10.8 Å². The van der Waals surface area contributed by atoms with E-state index in [4.69, 9.17) is 23.2 Å². The van der Waals surface area contributed by atoms with Crippen molar-refractivity contribution in [3.63, 3.8) is 0 Å². The van der Waals surface area contributed by atoms with Crippen LogP contribution in [0.2, 0.25) is 0 Å². The van der Waals surface area contributed by atoms with Gasteiger partial charge in [-0.25, -0.2) is 8.78 Å². The van der Waals surface area contributed by atoms with Crippen molar-refractivity contribution in [3.8, 4) is 0 Å². The predicted molar refractivity (Wildman–Crippen MR) is 87.6 cm³/mol. The van der Waals surface area contributed by atoms with Crippen LogP contribution in [0.25, 0.3) is 0 Å². The quantitative estimate of drug-likeness (QED) is 0.460. The molecule has 0 aromatic heterocycles. The molecule has 0 heterocycles. The molecule has 4 atom stereocenters. The van der Waals surface area contributed by atoms with Gasteiger partial charge < -0.3 is 0 Å². The summed E-state index contributed by atoms with van der Waals surface area (Å²) < 4.78 is 27.3. The summed E-state index contributed by atoms with van der Waals surface area (Å²) in [7, 11) is 0. The molecule has 0 amide bonds. The van der Waals surface area contributed by atoms with Crippen molar-refractivity contribution in [2.45, 2.75) is 42.4 Å². The number of allylic oxidation sites excluding steroid dienone is 4. The molecule has 0 aliphatic heterocycles. The fourth-order valence-corrected chi connectivity index (χ4v) is 4.13. The van der Waals surface area contributed by atoms with Crippen molar-refractivity contribution in [2.75, 3.05) is 0 Å². The van der Waals surface area contributed by atoms with Crippen molar-refractivity contribution in [2.24, 2.45) is 5.92 Å². The lowest BCUT2D eigenvalue weighted by atomic mass is 9.74. The highest BCUT2D eigenvalue weighted by Gasteiger charge is 2.36. The summed E-state index contributed by atoms with van der Waals surface area (Å²) in [6.45, 7) is 0. The van der Waals surface area contributed by atoms with Crippen LogP contribution >= 0.6 is 23.2 Å². The van der Waals surface area contributed by atoms with E-state index in [1.54, 1.807) is 0 Å². The van der Waals surface area contributed by atoms with Gasteiger partial charge in [0.1, 0.15) is 11.6 Å². The van der Waals surface area contributed by atoms with Crippen LogP contribution in [0, 0.1) is 17.6 Å². The van der Waals surface area contributed by atoms with Gasteiger partial charge >= 0.3 is 0 Å².